The number of likely N-dealkylation sites (tertiary alicyclic amines) is 1. The van der Waals surface area contributed by atoms with E-state index in [9.17, 15) is 28.3 Å². The molecule has 0 unspecified atom stereocenters. The Hall–Kier alpha value is -3.28. The summed E-state index contributed by atoms with van der Waals surface area (Å²) in [4.78, 5) is 43.3. The fourth-order valence-corrected chi connectivity index (χ4v) is 7.58. The third-order valence-electron chi connectivity index (χ3n) is 10.1. The topological polar surface area (TPSA) is 121 Å². The molecule has 3 fully saturated rings. The van der Waals surface area contributed by atoms with E-state index in [-0.39, 0.29) is 48.3 Å². The maximum atomic E-state index is 14.3. The third-order valence-corrected chi connectivity index (χ3v) is 10.5. The van der Waals surface area contributed by atoms with Gasteiger partial charge in [-0.3, -0.25) is 9.59 Å². The van der Waals surface area contributed by atoms with Crippen molar-refractivity contribution in [1.29, 1.82) is 0 Å². The lowest BCUT2D eigenvalue weighted by Crippen LogP contribution is -2.55. The first-order valence-corrected chi connectivity index (χ1v) is 15.2. The molecule has 0 N–H and O–H groups in total. The molecular weight excluding hydrogens is 584 g/mol. The number of carbonyl (C=O) groups excluding carboxylic acids is 3. The van der Waals surface area contributed by atoms with Crippen LogP contribution in [-0.4, -0.2) is 62.2 Å². The average molecular weight is 619 g/mol. The summed E-state index contributed by atoms with van der Waals surface area (Å²) in [5.41, 5.74) is -0.338. The van der Waals surface area contributed by atoms with Crippen molar-refractivity contribution in [3.8, 4) is 5.75 Å². The van der Waals surface area contributed by atoms with Gasteiger partial charge in [0.2, 0.25) is 11.8 Å². The Labute approximate surface area is 253 Å². The molecule has 2 aromatic rings. The number of carboxylic acids is 1. The van der Waals surface area contributed by atoms with Gasteiger partial charge in [-0.15, -0.1) is 5.10 Å². The van der Waals surface area contributed by atoms with Gasteiger partial charge < -0.3 is 24.4 Å². The number of nitrogens with zero attached hydrogens (tertiary/aromatic N) is 5. The molecule has 1 aromatic carbocycles. The Morgan fingerprint density at radius 3 is 2.67 bits per heavy atom. The summed E-state index contributed by atoms with van der Waals surface area (Å²) >= 11 is 6.68. The molecule has 43 heavy (non-hydrogen) atoms. The lowest BCUT2D eigenvalue weighted by molar-refractivity contribution is -0.322. The Morgan fingerprint density at radius 2 is 2.00 bits per heavy atom. The first-order valence-electron chi connectivity index (χ1n) is 14.8. The highest BCUT2D eigenvalue weighted by atomic mass is 35.5. The zero-order valence-electron chi connectivity index (χ0n) is 24.3. The van der Waals surface area contributed by atoms with Crippen LogP contribution < -0.4 is 9.84 Å². The van der Waals surface area contributed by atoms with Crippen molar-refractivity contribution in [1.82, 2.24) is 24.8 Å². The lowest BCUT2D eigenvalue weighted by Gasteiger charge is -2.47. The van der Waals surface area contributed by atoms with Crippen molar-refractivity contribution in [3.05, 3.63) is 39.7 Å². The van der Waals surface area contributed by atoms with Crippen LogP contribution in [0.3, 0.4) is 0 Å². The minimum Gasteiger partial charge on any atom is -0.550 e. The number of fused-ring (bicyclic) bond motifs is 1. The number of aromatic nitrogens is 3. The number of rotatable bonds is 8. The number of carboxylic acid groups (broad SMARTS) is 1. The van der Waals surface area contributed by atoms with E-state index in [0.29, 0.717) is 55.0 Å². The van der Waals surface area contributed by atoms with Crippen LogP contribution >= 0.6 is 11.6 Å². The molecular formula is C30H35ClF2N5O5-. The summed E-state index contributed by atoms with van der Waals surface area (Å²) in [6.07, 6.45) is 2.20. The Balaban J connectivity index is 1.38. The molecule has 1 aromatic heterocycles. The molecule has 0 bridgehead atoms. The van der Waals surface area contributed by atoms with Crippen molar-refractivity contribution < 1.29 is 33.0 Å². The molecule has 3 atom stereocenters. The van der Waals surface area contributed by atoms with Gasteiger partial charge >= 0.3 is 0 Å². The van der Waals surface area contributed by atoms with Gasteiger partial charge in [0.05, 0.1) is 6.04 Å². The summed E-state index contributed by atoms with van der Waals surface area (Å²) in [5, 5.41) is 20.3. The summed E-state index contributed by atoms with van der Waals surface area (Å²) in [6, 6.07) is 2.64. The zero-order valence-corrected chi connectivity index (χ0v) is 25.0. The fourth-order valence-electron chi connectivity index (χ4n) is 7.33. The summed E-state index contributed by atoms with van der Waals surface area (Å²) in [7, 11) is 1.38. The van der Waals surface area contributed by atoms with Crippen LogP contribution in [-0.2, 0) is 34.5 Å². The van der Waals surface area contributed by atoms with Crippen LogP contribution in [0.25, 0.3) is 0 Å². The number of benzene rings is 1. The first-order chi connectivity index (χ1) is 20.4. The van der Waals surface area contributed by atoms with Crippen LogP contribution in [0.1, 0.15) is 86.9 Å². The number of halogens is 3. The molecule has 4 aliphatic rings. The molecule has 232 valence electrons. The van der Waals surface area contributed by atoms with Gasteiger partial charge in [-0.25, -0.2) is 13.5 Å². The minimum atomic E-state index is -2.80. The van der Waals surface area contributed by atoms with Crippen LogP contribution in [0.4, 0.5) is 8.78 Å². The molecule has 2 aliphatic carbocycles. The highest BCUT2D eigenvalue weighted by Gasteiger charge is 2.53. The second-order valence-electron chi connectivity index (χ2n) is 12.8. The molecule has 3 heterocycles. The first kappa shape index (κ1) is 29.8. The van der Waals surface area contributed by atoms with E-state index < -0.39 is 29.8 Å². The van der Waals surface area contributed by atoms with Crippen molar-refractivity contribution in [3.63, 3.8) is 0 Å². The number of hydrogen-bond donors (Lipinski definition) is 0. The van der Waals surface area contributed by atoms with Gasteiger partial charge in [0, 0.05) is 61.0 Å². The Bertz CT molecular complexity index is 1460. The van der Waals surface area contributed by atoms with Gasteiger partial charge in [0.1, 0.15) is 23.7 Å². The van der Waals surface area contributed by atoms with E-state index in [1.807, 2.05) is 0 Å². The Kier molecular flexibility index (Phi) is 7.63. The van der Waals surface area contributed by atoms with E-state index in [2.05, 4.69) is 10.3 Å². The van der Waals surface area contributed by atoms with Gasteiger partial charge in [-0.2, -0.15) is 0 Å². The monoisotopic (exact) mass is 618 g/mol. The largest absolute Gasteiger partial charge is 0.550 e. The summed E-state index contributed by atoms with van der Waals surface area (Å²) in [5.74, 6) is -1.96. The Morgan fingerprint density at radius 1 is 1.23 bits per heavy atom. The van der Waals surface area contributed by atoms with Crippen LogP contribution in [0.5, 0.6) is 5.75 Å². The van der Waals surface area contributed by atoms with E-state index >= 15 is 0 Å². The number of amides is 2. The van der Waals surface area contributed by atoms with Crippen molar-refractivity contribution in [2.45, 2.75) is 77.4 Å². The van der Waals surface area contributed by atoms with Crippen molar-refractivity contribution >= 4 is 29.4 Å². The van der Waals surface area contributed by atoms with Crippen LogP contribution in [0.2, 0.25) is 5.02 Å². The predicted octanol–water partition coefficient (Wildman–Crippen LogP) is 3.37. The van der Waals surface area contributed by atoms with Crippen molar-refractivity contribution in [2.24, 2.45) is 23.8 Å². The molecule has 2 aliphatic heterocycles. The molecule has 1 saturated heterocycles. The zero-order chi connectivity index (χ0) is 30.7. The minimum absolute atomic E-state index is 0.00828. The van der Waals surface area contributed by atoms with Gasteiger partial charge in [0.25, 0.3) is 6.43 Å². The smallest absolute Gasteiger partial charge is 0.282 e. The van der Waals surface area contributed by atoms with Crippen LogP contribution in [0.15, 0.2) is 12.1 Å². The molecule has 0 radical (unpaired) electrons. The van der Waals surface area contributed by atoms with E-state index in [0.717, 1.165) is 29.5 Å². The average Bonchev–Trinajstić information content (AvgIpc) is 3.50. The maximum Gasteiger partial charge on any atom is 0.282 e. The van der Waals surface area contributed by atoms with E-state index in [1.165, 1.54) is 7.05 Å². The standard InChI is InChI=1S/C30H36ClF2N5O5/c1-29(28(41)42)9-4-3-5-18(29)27(40)38-12-8-17-19(31)6-7-22(43-15-20-25(26(32)33)36(2)35-34-20)24(17)21(38)14-37-16-30(10-11-30)13-23(37)39/h6-7,18,21,26H,3-5,8-16H2,1-2H3,(H,41,42)/p-1/t18-,21+,29-/m0/s1. The lowest BCUT2D eigenvalue weighted by atomic mass is 9.66. The van der Waals surface area contributed by atoms with Gasteiger partial charge in [0.15, 0.2) is 0 Å². The molecule has 6 rings (SSSR count). The van der Waals surface area contributed by atoms with Crippen molar-refractivity contribution in [2.75, 3.05) is 19.6 Å². The highest BCUT2D eigenvalue weighted by Crippen LogP contribution is 2.54. The summed E-state index contributed by atoms with van der Waals surface area (Å²) in [6.45, 7) is 2.36. The van der Waals surface area contributed by atoms with E-state index in [4.69, 9.17) is 16.3 Å². The predicted molar refractivity (Wildman–Crippen MR) is 148 cm³/mol. The number of ether oxygens (including phenoxy) is 1. The maximum absolute atomic E-state index is 14.3. The molecule has 2 saturated carbocycles. The van der Waals surface area contributed by atoms with E-state index in [1.54, 1.807) is 28.9 Å². The number of hydrogen-bond acceptors (Lipinski definition) is 7. The number of aliphatic carboxylic acids is 1. The number of carbonyl (C=O) groups is 3. The number of alkyl halides is 2. The fraction of sp³-hybridized carbons (Fsp3) is 0.633. The quantitative estimate of drug-likeness (QED) is 0.445. The second-order valence-corrected chi connectivity index (χ2v) is 13.2. The molecule has 10 nitrogen and oxygen atoms in total. The number of aryl methyl sites for hydroxylation is 1. The normalized spacial score (nSPS) is 26.2. The molecule has 13 heteroatoms. The highest BCUT2D eigenvalue weighted by molar-refractivity contribution is 6.31. The third kappa shape index (κ3) is 5.25. The summed E-state index contributed by atoms with van der Waals surface area (Å²) < 4.78 is 34.5. The van der Waals surface area contributed by atoms with Gasteiger partial charge in [-0.05, 0) is 55.2 Å². The van der Waals surface area contributed by atoms with Crippen LogP contribution in [0, 0.1) is 16.7 Å². The van der Waals surface area contributed by atoms with Gasteiger partial charge in [-0.1, -0.05) is 36.6 Å². The molecule has 2 amide bonds. The second kappa shape index (κ2) is 11.0. The molecule has 1 spiro atoms. The SMILES string of the molecule is Cn1nnc(COc2ccc(Cl)c3c2[C@@H](CN2CC4(CC4)CC2=O)N(C(=O)[C@@H]2CCCC[C@]2(C)C(=O)[O-])CC3)c1C(F)F.